The number of ether oxygens (including phenoxy) is 1. The number of rotatable bonds is 7. The third-order valence-corrected chi connectivity index (χ3v) is 5.66. The van der Waals surface area contributed by atoms with Crippen molar-refractivity contribution in [1.29, 1.82) is 0 Å². The highest BCUT2D eigenvalue weighted by Crippen LogP contribution is 2.39. The van der Waals surface area contributed by atoms with Gasteiger partial charge in [0, 0.05) is 17.2 Å². The van der Waals surface area contributed by atoms with E-state index in [1.54, 1.807) is 18.9 Å². The predicted octanol–water partition coefficient (Wildman–Crippen LogP) is 4.50. The first-order valence-corrected chi connectivity index (χ1v) is 10.4. The van der Waals surface area contributed by atoms with Gasteiger partial charge in [0.25, 0.3) is 0 Å². The molecule has 8 heteroatoms. The summed E-state index contributed by atoms with van der Waals surface area (Å²) in [5, 5.41) is 13.8. The molecule has 1 fully saturated rings. The smallest absolute Gasteiger partial charge is 0.229 e. The van der Waals surface area contributed by atoms with E-state index in [4.69, 9.17) is 9.26 Å². The highest BCUT2D eigenvalue weighted by atomic mass is 32.2. The van der Waals surface area contributed by atoms with Crippen LogP contribution in [0.5, 0.6) is 5.75 Å². The molecular weight excluding hydrogens is 386 g/mol. The molecule has 0 atom stereocenters. The lowest BCUT2D eigenvalue weighted by Crippen LogP contribution is -2.00. The van der Waals surface area contributed by atoms with E-state index < -0.39 is 0 Å². The molecule has 0 N–H and O–H groups in total. The lowest BCUT2D eigenvalue weighted by atomic mass is 10.2. The third-order valence-electron chi connectivity index (χ3n) is 4.74. The van der Waals surface area contributed by atoms with Crippen molar-refractivity contribution < 1.29 is 9.26 Å². The maximum absolute atomic E-state index is 5.36. The Labute approximate surface area is 172 Å². The molecule has 146 valence electrons. The maximum Gasteiger partial charge on any atom is 0.229 e. The molecule has 5 rings (SSSR count). The van der Waals surface area contributed by atoms with Crippen LogP contribution in [0.15, 0.2) is 64.3 Å². The Balaban J connectivity index is 1.46. The van der Waals surface area contributed by atoms with Crippen molar-refractivity contribution in [2.24, 2.45) is 0 Å². The molecule has 0 radical (unpaired) electrons. The van der Waals surface area contributed by atoms with Crippen LogP contribution in [0.3, 0.4) is 0 Å². The molecule has 0 aliphatic heterocycles. The van der Waals surface area contributed by atoms with Crippen molar-refractivity contribution in [2.75, 3.05) is 7.11 Å². The molecule has 1 aliphatic carbocycles. The van der Waals surface area contributed by atoms with E-state index in [0.717, 1.165) is 46.7 Å². The normalized spacial score (nSPS) is 13.6. The Morgan fingerprint density at radius 1 is 1.07 bits per heavy atom. The largest absolute Gasteiger partial charge is 0.497 e. The third kappa shape index (κ3) is 3.75. The molecule has 1 saturated carbocycles. The first-order valence-electron chi connectivity index (χ1n) is 9.42. The number of thioether (sulfide) groups is 1. The molecule has 4 aromatic rings. The van der Waals surface area contributed by atoms with Gasteiger partial charge < -0.3 is 9.26 Å². The van der Waals surface area contributed by atoms with Crippen LogP contribution >= 0.6 is 11.8 Å². The number of nitrogens with zero attached hydrogens (tertiary/aromatic N) is 5. The van der Waals surface area contributed by atoms with Gasteiger partial charge in [-0.15, -0.1) is 10.2 Å². The number of hydrogen-bond donors (Lipinski definition) is 0. The van der Waals surface area contributed by atoms with Crippen molar-refractivity contribution in [1.82, 2.24) is 24.9 Å². The van der Waals surface area contributed by atoms with Gasteiger partial charge in [-0.2, -0.15) is 4.98 Å². The van der Waals surface area contributed by atoms with E-state index in [1.165, 1.54) is 0 Å². The molecule has 2 heterocycles. The Kier molecular flexibility index (Phi) is 4.77. The Bertz CT molecular complexity index is 1100. The van der Waals surface area contributed by atoms with Gasteiger partial charge in [0.05, 0.1) is 12.9 Å². The minimum atomic E-state index is 0.455. The fourth-order valence-corrected chi connectivity index (χ4v) is 3.85. The molecule has 0 spiro atoms. The van der Waals surface area contributed by atoms with Crippen LogP contribution < -0.4 is 4.74 Å². The minimum Gasteiger partial charge on any atom is -0.497 e. The van der Waals surface area contributed by atoms with Gasteiger partial charge in [-0.05, 0) is 49.2 Å². The number of para-hydroxylation sites is 1. The molecular formula is C21H19N5O2S. The summed E-state index contributed by atoms with van der Waals surface area (Å²) in [5.41, 5.74) is 1.96. The van der Waals surface area contributed by atoms with E-state index in [-0.39, 0.29) is 0 Å². The fraction of sp³-hybridized carbons (Fsp3) is 0.238. The summed E-state index contributed by atoms with van der Waals surface area (Å²) in [7, 11) is 1.66. The monoisotopic (exact) mass is 405 g/mol. The van der Waals surface area contributed by atoms with Crippen molar-refractivity contribution in [3.63, 3.8) is 0 Å². The quantitative estimate of drug-likeness (QED) is 0.419. The Hall–Kier alpha value is -3.13. The molecule has 0 amide bonds. The zero-order valence-electron chi connectivity index (χ0n) is 15.9. The van der Waals surface area contributed by atoms with Crippen molar-refractivity contribution in [3.8, 4) is 22.8 Å². The average molecular weight is 405 g/mol. The van der Waals surface area contributed by atoms with E-state index >= 15 is 0 Å². The molecule has 0 unspecified atom stereocenters. The summed E-state index contributed by atoms with van der Waals surface area (Å²) in [6.07, 6.45) is 2.28. The van der Waals surface area contributed by atoms with Crippen LogP contribution in [0.2, 0.25) is 0 Å². The highest BCUT2D eigenvalue weighted by Gasteiger charge is 2.29. The van der Waals surface area contributed by atoms with Crippen LogP contribution in [0.4, 0.5) is 0 Å². The summed E-state index contributed by atoms with van der Waals surface area (Å²) in [6, 6.07) is 17.9. The summed E-state index contributed by atoms with van der Waals surface area (Å²) in [5.74, 6) is 4.04. The second-order valence-corrected chi connectivity index (χ2v) is 7.76. The van der Waals surface area contributed by atoms with Crippen molar-refractivity contribution in [2.45, 2.75) is 29.7 Å². The van der Waals surface area contributed by atoms with Gasteiger partial charge in [-0.3, -0.25) is 4.57 Å². The molecule has 7 nitrogen and oxygen atoms in total. The topological polar surface area (TPSA) is 78.9 Å². The summed E-state index contributed by atoms with van der Waals surface area (Å²) < 4.78 is 12.7. The first kappa shape index (κ1) is 17.9. The van der Waals surface area contributed by atoms with Gasteiger partial charge >= 0.3 is 0 Å². The lowest BCUT2D eigenvalue weighted by molar-refractivity contribution is 0.375. The molecule has 0 bridgehead atoms. The van der Waals surface area contributed by atoms with Gasteiger partial charge in [0.15, 0.2) is 16.8 Å². The average Bonchev–Trinajstić information content (AvgIpc) is 3.37. The van der Waals surface area contributed by atoms with Gasteiger partial charge in [0.1, 0.15) is 5.75 Å². The van der Waals surface area contributed by atoms with Gasteiger partial charge in [-0.1, -0.05) is 35.1 Å². The number of aromatic nitrogens is 5. The molecule has 0 saturated heterocycles. The Morgan fingerprint density at radius 2 is 1.86 bits per heavy atom. The number of hydrogen-bond acceptors (Lipinski definition) is 7. The van der Waals surface area contributed by atoms with Crippen LogP contribution in [0.25, 0.3) is 17.1 Å². The minimum absolute atomic E-state index is 0.455. The van der Waals surface area contributed by atoms with E-state index in [9.17, 15) is 0 Å². The van der Waals surface area contributed by atoms with Gasteiger partial charge in [-0.25, -0.2) is 0 Å². The summed E-state index contributed by atoms with van der Waals surface area (Å²) in [6.45, 7) is 0. The maximum atomic E-state index is 5.36. The second-order valence-electron chi connectivity index (χ2n) is 6.82. The molecule has 2 aromatic carbocycles. The molecule has 1 aliphatic rings. The molecule has 2 aromatic heterocycles. The SMILES string of the molecule is COc1ccc(-c2nnc(SCc3noc(C4CC4)n3)n2-c2ccccc2)cc1. The molecule has 29 heavy (non-hydrogen) atoms. The predicted molar refractivity (Wildman–Crippen MR) is 109 cm³/mol. The number of methoxy groups -OCH3 is 1. The van der Waals surface area contributed by atoms with Crippen LogP contribution in [-0.4, -0.2) is 32.0 Å². The summed E-state index contributed by atoms with van der Waals surface area (Å²) in [4.78, 5) is 4.50. The van der Waals surface area contributed by atoms with Crippen LogP contribution in [-0.2, 0) is 5.75 Å². The van der Waals surface area contributed by atoms with Crippen molar-refractivity contribution in [3.05, 3.63) is 66.3 Å². The standard InChI is InChI=1S/C21H19N5O2S/c1-27-17-11-9-14(10-12-17)19-23-24-21(26(19)16-5-3-2-4-6-16)29-13-18-22-20(28-25-18)15-7-8-15/h2-6,9-12,15H,7-8,13H2,1H3. The number of benzene rings is 2. The summed E-state index contributed by atoms with van der Waals surface area (Å²) >= 11 is 1.54. The Morgan fingerprint density at radius 3 is 2.59 bits per heavy atom. The van der Waals surface area contributed by atoms with Crippen molar-refractivity contribution >= 4 is 11.8 Å². The zero-order chi connectivity index (χ0) is 19.6. The van der Waals surface area contributed by atoms with Gasteiger partial charge in [0.2, 0.25) is 5.89 Å². The van der Waals surface area contributed by atoms with E-state index in [1.807, 2.05) is 59.2 Å². The van der Waals surface area contributed by atoms with Crippen LogP contribution in [0.1, 0.15) is 30.5 Å². The first-order chi connectivity index (χ1) is 14.3. The highest BCUT2D eigenvalue weighted by molar-refractivity contribution is 7.98. The van der Waals surface area contributed by atoms with E-state index in [0.29, 0.717) is 17.5 Å². The van der Waals surface area contributed by atoms with Crippen LogP contribution in [0, 0.1) is 0 Å². The fourth-order valence-electron chi connectivity index (χ4n) is 3.05. The lowest BCUT2D eigenvalue weighted by Gasteiger charge is -2.10. The van der Waals surface area contributed by atoms with E-state index in [2.05, 4.69) is 20.3 Å². The zero-order valence-corrected chi connectivity index (χ0v) is 16.7. The second kappa shape index (κ2) is 7.71.